The molecule has 2 heterocycles. The fourth-order valence-electron chi connectivity index (χ4n) is 3.20. The molecule has 28 heavy (non-hydrogen) atoms. The van der Waals surface area contributed by atoms with Crippen LogP contribution in [0.5, 0.6) is 0 Å². The third kappa shape index (κ3) is 3.91. The van der Waals surface area contributed by atoms with Crippen LogP contribution in [0.3, 0.4) is 0 Å². The number of rotatable bonds is 5. The minimum absolute atomic E-state index is 0.0872. The molecule has 0 aliphatic carbocycles. The molecule has 0 saturated heterocycles. The molecule has 0 spiro atoms. The monoisotopic (exact) mass is 367 g/mol. The Bertz CT molecular complexity index is 1110. The number of hydrogen-bond acceptors (Lipinski definition) is 3. The fourth-order valence-corrected chi connectivity index (χ4v) is 3.20. The van der Waals surface area contributed by atoms with Crippen molar-refractivity contribution in [2.45, 2.75) is 13.3 Å². The van der Waals surface area contributed by atoms with E-state index in [0.29, 0.717) is 12.1 Å². The molecule has 0 atom stereocenters. The molecule has 2 aromatic heterocycles. The molecule has 4 nitrogen and oxygen atoms in total. The van der Waals surface area contributed by atoms with Crippen LogP contribution in [0.25, 0.3) is 22.2 Å². The predicted molar refractivity (Wildman–Crippen MR) is 112 cm³/mol. The number of nitrogens with one attached hydrogen (secondary N) is 1. The molecule has 0 bridgehead atoms. The Morgan fingerprint density at radius 1 is 1.00 bits per heavy atom. The van der Waals surface area contributed by atoms with Gasteiger partial charge in [-0.25, -0.2) is 4.98 Å². The Balaban J connectivity index is 1.59. The van der Waals surface area contributed by atoms with Crippen LogP contribution in [0.1, 0.15) is 21.5 Å². The maximum Gasteiger partial charge on any atom is 0.252 e. The smallest absolute Gasteiger partial charge is 0.252 e. The quantitative estimate of drug-likeness (QED) is 0.562. The van der Waals surface area contributed by atoms with E-state index in [0.717, 1.165) is 28.6 Å². The van der Waals surface area contributed by atoms with Crippen molar-refractivity contribution < 1.29 is 4.79 Å². The van der Waals surface area contributed by atoms with Crippen LogP contribution in [-0.4, -0.2) is 22.4 Å². The fraction of sp³-hybridized carbons (Fsp3) is 0.125. The summed E-state index contributed by atoms with van der Waals surface area (Å²) < 4.78 is 0. The van der Waals surface area contributed by atoms with Gasteiger partial charge in [0.05, 0.1) is 16.8 Å². The van der Waals surface area contributed by atoms with Crippen LogP contribution in [0.4, 0.5) is 0 Å². The molecule has 1 N–H and O–H groups in total. The average Bonchev–Trinajstić information content (AvgIpc) is 2.75. The summed E-state index contributed by atoms with van der Waals surface area (Å²) in [6, 6.07) is 21.8. The van der Waals surface area contributed by atoms with E-state index < -0.39 is 0 Å². The van der Waals surface area contributed by atoms with Crippen molar-refractivity contribution in [1.82, 2.24) is 15.3 Å². The Hall–Kier alpha value is -3.53. The van der Waals surface area contributed by atoms with E-state index in [1.165, 1.54) is 11.1 Å². The van der Waals surface area contributed by atoms with Crippen LogP contribution in [0.2, 0.25) is 0 Å². The average molecular weight is 367 g/mol. The van der Waals surface area contributed by atoms with Crippen molar-refractivity contribution >= 4 is 16.8 Å². The Labute approximate surface area is 164 Å². The van der Waals surface area contributed by atoms with E-state index in [9.17, 15) is 4.79 Å². The number of nitrogens with zero attached hydrogens (tertiary/aromatic N) is 2. The van der Waals surface area contributed by atoms with Crippen LogP contribution < -0.4 is 5.32 Å². The van der Waals surface area contributed by atoms with Gasteiger partial charge in [0.15, 0.2) is 0 Å². The maximum absolute atomic E-state index is 12.9. The highest BCUT2D eigenvalue weighted by Crippen LogP contribution is 2.24. The second kappa shape index (κ2) is 8.01. The second-order valence-electron chi connectivity index (χ2n) is 6.81. The SMILES string of the molecule is Cc1ccc(CCNC(=O)c2cc(-c3cccnc3)nc3ccccc23)cc1. The molecule has 0 aliphatic rings. The van der Waals surface area contributed by atoms with E-state index >= 15 is 0 Å². The van der Waals surface area contributed by atoms with E-state index in [1.807, 2.05) is 42.5 Å². The predicted octanol–water partition coefficient (Wildman–Crippen LogP) is 4.58. The maximum atomic E-state index is 12.9. The largest absolute Gasteiger partial charge is 0.352 e. The summed E-state index contributed by atoms with van der Waals surface area (Å²) in [4.78, 5) is 21.8. The lowest BCUT2D eigenvalue weighted by Crippen LogP contribution is -2.26. The first-order valence-corrected chi connectivity index (χ1v) is 9.34. The number of fused-ring (bicyclic) bond motifs is 1. The van der Waals surface area contributed by atoms with Gasteiger partial charge in [0.2, 0.25) is 0 Å². The number of carbonyl (C=O) groups excluding carboxylic acids is 1. The molecule has 4 heteroatoms. The van der Waals surface area contributed by atoms with E-state index in [-0.39, 0.29) is 5.91 Å². The van der Waals surface area contributed by atoms with E-state index in [1.54, 1.807) is 12.4 Å². The molecule has 4 aromatic rings. The Morgan fingerprint density at radius 3 is 2.61 bits per heavy atom. The van der Waals surface area contributed by atoms with Gasteiger partial charge in [0, 0.05) is 29.9 Å². The van der Waals surface area contributed by atoms with Crippen molar-refractivity contribution in [2.75, 3.05) is 6.54 Å². The molecule has 0 aliphatic heterocycles. The van der Waals surface area contributed by atoms with Crippen LogP contribution >= 0.6 is 0 Å². The highest BCUT2D eigenvalue weighted by atomic mass is 16.1. The number of aryl methyl sites for hydroxylation is 1. The lowest BCUT2D eigenvalue weighted by Gasteiger charge is -2.11. The molecule has 2 aromatic carbocycles. The normalized spacial score (nSPS) is 10.8. The number of benzene rings is 2. The molecule has 0 unspecified atom stereocenters. The van der Waals surface area contributed by atoms with Gasteiger partial charge < -0.3 is 5.32 Å². The number of amides is 1. The molecule has 1 amide bonds. The van der Waals surface area contributed by atoms with Crippen molar-refractivity contribution in [3.8, 4) is 11.3 Å². The van der Waals surface area contributed by atoms with Crippen molar-refractivity contribution in [3.63, 3.8) is 0 Å². The zero-order valence-corrected chi connectivity index (χ0v) is 15.7. The minimum Gasteiger partial charge on any atom is -0.352 e. The Morgan fingerprint density at radius 2 is 1.82 bits per heavy atom. The minimum atomic E-state index is -0.0872. The van der Waals surface area contributed by atoms with Gasteiger partial charge in [-0.3, -0.25) is 9.78 Å². The molecule has 0 saturated carbocycles. The van der Waals surface area contributed by atoms with Gasteiger partial charge in [0.25, 0.3) is 5.91 Å². The summed E-state index contributed by atoms with van der Waals surface area (Å²) >= 11 is 0. The number of hydrogen-bond donors (Lipinski definition) is 1. The van der Waals surface area contributed by atoms with Crippen molar-refractivity contribution in [1.29, 1.82) is 0 Å². The second-order valence-corrected chi connectivity index (χ2v) is 6.81. The highest BCUT2D eigenvalue weighted by Gasteiger charge is 2.13. The van der Waals surface area contributed by atoms with Crippen LogP contribution in [-0.2, 0) is 6.42 Å². The summed E-state index contributed by atoms with van der Waals surface area (Å²) in [7, 11) is 0. The van der Waals surface area contributed by atoms with Crippen molar-refractivity contribution in [2.24, 2.45) is 0 Å². The first-order valence-electron chi connectivity index (χ1n) is 9.34. The van der Waals surface area contributed by atoms with Crippen LogP contribution in [0.15, 0.2) is 79.1 Å². The van der Waals surface area contributed by atoms with Crippen molar-refractivity contribution in [3.05, 3.63) is 95.8 Å². The number of carbonyl (C=O) groups is 1. The molecule has 138 valence electrons. The summed E-state index contributed by atoms with van der Waals surface area (Å²) in [5.74, 6) is -0.0872. The van der Waals surface area contributed by atoms with E-state index in [2.05, 4.69) is 41.5 Å². The van der Waals surface area contributed by atoms with Crippen LogP contribution in [0, 0.1) is 6.92 Å². The third-order valence-electron chi connectivity index (χ3n) is 4.74. The van der Waals surface area contributed by atoms with Gasteiger partial charge in [-0.05, 0) is 43.2 Å². The van der Waals surface area contributed by atoms with Gasteiger partial charge in [-0.2, -0.15) is 0 Å². The number of aromatic nitrogens is 2. The molecule has 4 rings (SSSR count). The van der Waals surface area contributed by atoms with Gasteiger partial charge in [-0.1, -0.05) is 48.0 Å². The lowest BCUT2D eigenvalue weighted by molar-refractivity contribution is 0.0956. The topological polar surface area (TPSA) is 54.9 Å². The lowest BCUT2D eigenvalue weighted by atomic mass is 10.0. The van der Waals surface area contributed by atoms with Gasteiger partial charge in [-0.15, -0.1) is 0 Å². The summed E-state index contributed by atoms with van der Waals surface area (Å²) in [5.41, 5.74) is 5.51. The Kier molecular flexibility index (Phi) is 5.11. The zero-order chi connectivity index (χ0) is 19.3. The molecule has 0 fully saturated rings. The zero-order valence-electron chi connectivity index (χ0n) is 15.7. The summed E-state index contributed by atoms with van der Waals surface area (Å²) in [6.07, 6.45) is 4.28. The summed E-state index contributed by atoms with van der Waals surface area (Å²) in [6.45, 7) is 2.65. The molecule has 0 radical (unpaired) electrons. The molecular weight excluding hydrogens is 346 g/mol. The molecular formula is C24H21N3O. The third-order valence-corrected chi connectivity index (χ3v) is 4.74. The standard InChI is InChI=1S/C24H21N3O/c1-17-8-10-18(11-9-17)12-14-26-24(28)21-15-23(19-5-4-13-25-16-19)27-22-7-3-2-6-20(21)22/h2-11,13,15-16H,12,14H2,1H3,(H,26,28). The highest BCUT2D eigenvalue weighted by molar-refractivity contribution is 6.07. The van der Waals surface area contributed by atoms with E-state index in [4.69, 9.17) is 4.98 Å². The first kappa shape index (κ1) is 17.9. The number of para-hydroxylation sites is 1. The van der Waals surface area contributed by atoms with Gasteiger partial charge >= 0.3 is 0 Å². The first-order chi connectivity index (χ1) is 13.7. The van der Waals surface area contributed by atoms with Gasteiger partial charge in [0.1, 0.15) is 0 Å². The summed E-state index contributed by atoms with van der Waals surface area (Å²) in [5, 5.41) is 3.90. The number of pyridine rings is 2.